The van der Waals surface area contributed by atoms with Crippen LogP contribution in [-0.4, -0.2) is 33.1 Å². The van der Waals surface area contributed by atoms with Gasteiger partial charge in [0.15, 0.2) is 17.3 Å². The lowest BCUT2D eigenvalue weighted by Gasteiger charge is -2.10. The molecule has 0 aliphatic rings. The number of hydrogen-bond donors (Lipinski definition) is 0. The third kappa shape index (κ3) is 5.31. The van der Waals surface area contributed by atoms with E-state index in [2.05, 4.69) is 0 Å². The number of ether oxygens (including phenoxy) is 4. The molecule has 0 saturated carbocycles. The summed E-state index contributed by atoms with van der Waals surface area (Å²) in [5.74, 6) is 0.0984. The summed E-state index contributed by atoms with van der Waals surface area (Å²) in [6.45, 7) is 0. The van der Waals surface area contributed by atoms with Gasteiger partial charge in [0.2, 0.25) is 0 Å². The van der Waals surface area contributed by atoms with Crippen molar-refractivity contribution in [3.63, 3.8) is 0 Å². The number of allylic oxidation sites excluding steroid dienone is 1. The van der Waals surface area contributed by atoms with Crippen molar-refractivity contribution >= 4 is 17.8 Å². The molecule has 0 heterocycles. The van der Waals surface area contributed by atoms with Gasteiger partial charge in [0.1, 0.15) is 17.3 Å². The fourth-order valence-electron chi connectivity index (χ4n) is 2.89. The smallest absolute Gasteiger partial charge is 0.343 e. The molecule has 6 nitrogen and oxygen atoms in total. The van der Waals surface area contributed by atoms with Gasteiger partial charge in [0.25, 0.3) is 0 Å². The third-order valence-corrected chi connectivity index (χ3v) is 4.57. The van der Waals surface area contributed by atoms with Crippen molar-refractivity contribution < 1.29 is 32.9 Å². The maximum Gasteiger partial charge on any atom is 0.343 e. The quantitative estimate of drug-likeness (QED) is 0.215. The lowest BCUT2D eigenvalue weighted by atomic mass is 10.1. The average molecular weight is 436 g/mol. The summed E-state index contributed by atoms with van der Waals surface area (Å²) in [5, 5.41) is 0. The summed E-state index contributed by atoms with van der Waals surface area (Å²) in [6.07, 6.45) is 3.01. The molecule has 7 heteroatoms. The van der Waals surface area contributed by atoms with E-state index < -0.39 is 11.8 Å². The van der Waals surface area contributed by atoms with E-state index >= 15 is 0 Å². The van der Waals surface area contributed by atoms with Crippen LogP contribution in [-0.2, 0) is 0 Å². The molecule has 0 N–H and O–H groups in total. The summed E-state index contributed by atoms with van der Waals surface area (Å²) in [5.41, 5.74) is 1.22. The lowest BCUT2D eigenvalue weighted by Crippen LogP contribution is -2.09. The number of esters is 1. The molecule has 0 fully saturated rings. The molecule has 0 amide bonds. The Balaban J connectivity index is 1.78. The van der Waals surface area contributed by atoms with E-state index in [0.717, 1.165) is 0 Å². The Morgan fingerprint density at radius 3 is 2.12 bits per heavy atom. The van der Waals surface area contributed by atoms with Gasteiger partial charge in [0, 0.05) is 0 Å². The minimum Gasteiger partial charge on any atom is -0.497 e. The molecule has 0 aliphatic carbocycles. The first-order chi connectivity index (χ1) is 15.4. The van der Waals surface area contributed by atoms with E-state index in [0.29, 0.717) is 28.4 Å². The minimum atomic E-state index is -0.646. The van der Waals surface area contributed by atoms with Crippen LogP contribution in [0.1, 0.15) is 26.3 Å². The van der Waals surface area contributed by atoms with Gasteiger partial charge in [-0.25, -0.2) is 9.18 Å². The van der Waals surface area contributed by atoms with E-state index in [1.54, 1.807) is 42.5 Å². The molecule has 0 unspecified atom stereocenters. The number of benzene rings is 3. The van der Waals surface area contributed by atoms with Crippen LogP contribution in [0.3, 0.4) is 0 Å². The van der Waals surface area contributed by atoms with Crippen LogP contribution < -0.4 is 18.9 Å². The van der Waals surface area contributed by atoms with E-state index in [1.807, 2.05) is 0 Å². The molecule has 0 bridgehead atoms. The number of rotatable bonds is 8. The highest BCUT2D eigenvalue weighted by Crippen LogP contribution is 2.30. The zero-order chi connectivity index (χ0) is 23.1. The second-order valence-electron chi connectivity index (χ2n) is 6.57. The SMILES string of the molecule is COc1ccc(OC)c(C(=O)/C=C/c2ccc(OC(=O)c3ccc(F)cc3)c(OC)c2)c1. The lowest BCUT2D eigenvalue weighted by molar-refractivity contribution is 0.0729. The van der Waals surface area contributed by atoms with Crippen molar-refractivity contribution in [1.82, 2.24) is 0 Å². The zero-order valence-electron chi connectivity index (χ0n) is 17.8. The summed E-state index contributed by atoms with van der Waals surface area (Å²) in [7, 11) is 4.44. The van der Waals surface area contributed by atoms with Gasteiger partial charge < -0.3 is 18.9 Å². The van der Waals surface area contributed by atoms with Gasteiger partial charge in [-0.1, -0.05) is 12.1 Å². The first-order valence-corrected chi connectivity index (χ1v) is 9.55. The minimum absolute atomic E-state index is 0.194. The van der Waals surface area contributed by atoms with Crippen LogP contribution in [0, 0.1) is 5.82 Å². The summed E-state index contributed by atoms with van der Waals surface area (Å²) in [4.78, 5) is 24.9. The second kappa shape index (κ2) is 10.3. The number of halogens is 1. The Morgan fingerprint density at radius 2 is 1.47 bits per heavy atom. The fourth-order valence-corrected chi connectivity index (χ4v) is 2.89. The molecule has 32 heavy (non-hydrogen) atoms. The molecular weight excluding hydrogens is 415 g/mol. The molecule has 3 rings (SSSR count). The van der Waals surface area contributed by atoms with Crippen molar-refractivity contribution in [2.75, 3.05) is 21.3 Å². The fraction of sp³-hybridized carbons (Fsp3) is 0.120. The van der Waals surface area contributed by atoms with E-state index in [9.17, 15) is 14.0 Å². The summed E-state index contributed by atoms with van der Waals surface area (Å²) in [6, 6.07) is 14.8. The monoisotopic (exact) mass is 436 g/mol. The Hall–Kier alpha value is -4.13. The van der Waals surface area contributed by atoms with Crippen LogP contribution in [0.5, 0.6) is 23.0 Å². The highest BCUT2D eigenvalue weighted by molar-refractivity contribution is 6.09. The zero-order valence-corrected chi connectivity index (χ0v) is 17.8. The van der Waals surface area contributed by atoms with Crippen molar-refractivity contribution in [1.29, 1.82) is 0 Å². The molecule has 0 atom stereocenters. The van der Waals surface area contributed by atoms with Gasteiger partial charge in [-0.05, 0) is 66.2 Å². The Labute approximate surface area is 184 Å². The van der Waals surface area contributed by atoms with Crippen molar-refractivity contribution in [3.05, 3.63) is 89.2 Å². The van der Waals surface area contributed by atoms with E-state index in [1.165, 1.54) is 51.7 Å². The average Bonchev–Trinajstić information content (AvgIpc) is 2.82. The maximum absolute atomic E-state index is 13.0. The van der Waals surface area contributed by atoms with Crippen molar-refractivity contribution in [3.8, 4) is 23.0 Å². The molecule has 0 aromatic heterocycles. The first kappa shape index (κ1) is 22.6. The number of hydrogen-bond acceptors (Lipinski definition) is 6. The molecule has 164 valence electrons. The Kier molecular flexibility index (Phi) is 7.23. The van der Waals surface area contributed by atoms with Crippen LogP contribution in [0.4, 0.5) is 4.39 Å². The highest BCUT2D eigenvalue weighted by Gasteiger charge is 2.14. The normalized spacial score (nSPS) is 10.6. The van der Waals surface area contributed by atoms with Gasteiger partial charge in [0.05, 0.1) is 32.5 Å². The predicted molar refractivity (Wildman–Crippen MR) is 117 cm³/mol. The largest absolute Gasteiger partial charge is 0.497 e. The summed E-state index contributed by atoms with van der Waals surface area (Å²) < 4.78 is 34.1. The van der Waals surface area contributed by atoms with Gasteiger partial charge in [-0.3, -0.25) is 4.79 Å². The topological polar surface area (TPSA) is 71.1 Å². The molecule has 3 aromatic rings. The standard InChI is InChI=1S/C25H21FO6/c1-29-19-10-13-22(30-2)20(15-19)21(27)11-4-16-5-12-23(24(14-16)31-3)32-25(28)17-6-8-18(26)9-7-17/h4-15H,1-3H3/b11-4+. The second-order valence-corrected chi connectivity index (χ2v) is 6.57. The predicted octanol–water partition coefficient (Wildman–Crippen LogP) is 4.97. The van der Waals surface area contributed by atoms with Crippen molar-refractivity contribution in [2.45, 2.75) is 0 Å². The maximum atomic E-state index is 13.0. The van der Waals surface area contributed by atoms with Gasteiger partial charge >= 0.3 is 5.97 Å². The van der Waals surface area contributed by atoms with Crippen molar-refractivity contribution in [2.24, 2.45) is 0 Å². The van der Waals surface area contributed by atoms with Crippen LogP contribution in [0.25, 0.3) is 6.08 Å². The van der Waals surface area contributed by atoms with Gasteiger partial charge in [-0.2, -0.15) is 0 Å². The molecule has 0 aliphatic heterocycles. The summed E-state index contributed by atoms with van der Waals surface area (Å²) >= 11 is 0. The third-order valence-electron chi connectivity index (χ3n) is 4.57. The van der Waals surface area contributed by atoms with E-state index in [-0.39, 0.29) is 17.1 Å². The highest BCUT2D eigenvalue weighted by atomic mass is 19.1. The van der Waals surface area contributed by atoms with E-state index in [4.69, 9.17) is 18.9 Å². The Morgan fingerprint density at radius 1 is 0.781 bits per heavy atom. The number of methoxy groups -OCH3 is 3. The number of carbonyl (C=O) groups is 2. The molecule has 0 radical (unpaired) electrons. The molecule has 0 spiro atoms. The first-order valence-electron chi connectivity index (χ1n) is 9.55. The molecule has 3 aromatic carbocycles. The number of ketones is 1. The molecule has 0 saturated heterocycles. The Bertz CT molecular complexity index is 1150. The molecular formula is C25H21FO6. The number of carbonyl (C=O) groups excluding carboxylic acids is 2. The van der Waals surface area contributed by atoms with Crippen LogP contribution >= 0.6 is 0 Å². The van der Waals surface area contributed by atoms with Crippen LogP contribution in [0.2, 0.25) is 0 Å². The van der Waals surface area contributed by atoms with Crippen LogP contribution in [0.15, 0.2) is 66.7 Å². The van der Waals surface area contributed by atoms with Gasteiger partial charge in [-0.15, -0.1) is 0 Å².